The van der Waals surface area contributed by atoms with Crippen molar-refractivity contribution in [2.75, 3.05) is 12.3 Å². The van der Waals surface area contributed by atoms with Crippen LogP contribution in [0.2, 0.25) is 0 Å². The number of H-pyrrole nitrogens is 1. The minimum Gasteiger partial charge on any atom is -0.485 e. The fraction of sp³-hybridized carbons (Fsp3) is 0.167. The van der Waals surface area contributed by atoms with Gasteiger partial charge in [-0.2, -0.15) is 0 Å². The Morgan fingerprint density at radius 3 is 2.64 bits per heavy atom. The predicted molar refractivity (Wildman–Crippen MR) is 143 cm³/mol. The fourth-order valence-electron chi connectivity index (χ4n) is 5.06. The zero-order chi connectivity index (χ0) is 24.5. The molecule has 180 valence electrons. The molecule has 0 fully saturated rings. The van der Waals surface area contributed by atoms with Crippen molar-refractivity contribution in [3.8, 4) is 17.0 Å². The Kier molecular flexibility index (Phi) is 6.11. The lowest BCUT2D eigenvalue weighted by molar-refractivity contribution is -0.124. The molecule has 36 heavy (non-hydrogen) atoms. The Morgan fingerprint density at radius 2 is 1.75 bits per heavy atom. The van der Waals surface area contributed by atoms with Crippen LogP contribution >= 0.6 is 11.8 Å². The Labute approximate surface area is 213 Å². The van der Waals surface area contributed by atoms with Crippen molar-refractivity contribution in [2.45, 2.75) is 16.9 Å². The van der Waals surface area contributed by atoms with Crippen LogP contribution in [-0.2, 0) is 4.79 Å². The topological polar surface area (TPSA) is 54.1 Å². The number of carbonyl (C=O) groups excluding carboxylic acids is 1. The smallest absolute Gasteiger partial charge is 0.228 e. The summed E-state index contributed by atoms with van der Waals surface area (Å²) < 4.78 is 19.7. The molecule has 0 radical (unpaired) electrons. The largest absolute Gasteiger partial charge is 0.485 e. The molecule has 1 amide bonds. The average Bonchev–Trinajstić information content (AvgIpc) is 3.28. The van der Waals surface area contributed by atoms with Gasteiger partial charge < -0.3 is 15.0 Å². The van der Waals surface area contributed by atoms with Crippen molar-refractivity contribution >= 4 is 28.6 Å². The van der Waals surface area contributed by atoms with Gasteiger partial charge in [0.05, 0.1) is 11.6 Å². The van der Waals surface area contributed by atoms with E-state index in [2.05, 4.69) is 22.4 Å². The van der Waals surface area contributed by atoms with Gasteiger partial charge in [-0.15, -0.1) is 11.8 Å². The van der Waals surface area contributed by atoms with Gasteiger partial charge in [0, 0.05) is 39.6 Å². The summed E-state index contributed by atoms with van der Waals surface area (Å²) in [6.07, 6.45) is 7.91. The van der Waals surface area contributed by atoms with E-state index in [1.165, 1.54) is 12.1 Å². The lowest BCUT2D eigenvalue weighted by atomic mass is 9.77. The number of hydrogen-bond acceptors (Lipinski definition) is 3. The first kappa shape index (κ1) is 22.7. The molecule has 0 bridgehead atoms. The van der Waals surface area contributed by atoms with E-state index in [1.54, 1.807) is 23.9 Å². The highest BCUT2D eigenvalue weighted by Crippen LogP contribution is 2.42. The number of rotatable bonds is 6. The summed E-state index contributed by atoms with van der Waals surface area (Å²) in [6, 6.07) is 22.5. The molecule has 1 aliphatic heterocycles. The van der Waals surface area contributed by atoms with Gasteiger partial charge in [-0.05, 0) is 48.0 Å². The van der Waals surface area contributed by atoms with Crippen LogP contribution in [0.3, 0.4) is 0 Å². The summed E-state index contributed by atoms with van der Waals surface area (Å²) in [5.74, 6) is 0.906. The molecule has 3 unspecified atom stereocenters. The summed E-state index contributed by atoms with van der Waals surface area (Å²) in [5, 5.41) is 4.29. The van der Waals surface area contributed by atoms with Gasteiger partial charge in [0.15, 0.2) is 0 Å². The molecule has 2 N–H and O–H groups in total. The standard InChI is InChI=1S/C30H25FN2O2S/c31-20-15-13-19(14-16-20)28-29(21-7-1-4-10-24(21)33-28)36-18-17-32-30(34)27-22-8-2-5-11-25(22)35-26-12-6-3-9-23(26)27/h1-16,22,25,27,33H,17-18H2,(H,32,34). The highest BCUT2D eigenvalue weighted by Gasteiger charge is 2.40. The number of ether oxygens (including phenoxy) is 1. The van der Waals surface area contributed by atoms with Crippen LogP contribution in [0.25, 0.3) is 22.2 Å². The van der Waals surface area contributed by atoms with Crippen LogP contribution in [0.4, 0.5) is 4.39 Å². The third-order valence-electron chi connectivity index (χ3n) is 6.75. The van der Waals surface area contributed by atoms with Crippen molar-refractivity contribution in [1.82, 2.24) is 10.3 Å². The number of aromatic amines is 1. The van der Waals surface area contributed by atoms with Gasteiger partial charge in [0.1, 0.15) is 17.7 Å². The van der Waals surface area contributed by atoms with Crippen LogP contribution in [-0.4, -0.2) is 29.3 Å². The van der Waals surface area contributed by atoms with Crippen molar-refractivity contribution < 1.29 is 13.9 Å². The molecule has 0 saturated heterocycles. The minimum atomic E-state index is -0.297. The third-order valence-corrected chi connectivity index (χ3v) is 7.87. The van der Waals surface area contributed by atoms with E-state index in [9.17, 15) is 9.18 Å². The molecule has 6 heteroatoms. The van der Waals surface area contributed by atoms with Crippen molar-refractivity contribution in [3.63, 3.8) is 0 Å². The second-order valence-corrected chi connectivity index (χ2v) is 10.1. The normalized spacial score (nSPS) is 20.0. The Balaban J connectivity index is 1.19. The zero-order valence-electron chi connectivity index (χ0n) is 19.5. The molecule has 1 aromatic heterocycles. The quantitative estimate of drug-likeness (QED) is 0.238. The van der Waals surface area contributed by atoms with E-state index in [4.69, 9.17) is 4.74 Å². The summed E-state index contributed by atoms with van der Waals surface area (Å²) >= 11 is 1.69. The molecule has 2 heterocycles. The van der Waals surface area contributed by atoms with Crippen molar-refractivity contribution in [3.05, 3.63) is 108 Å². The third kappa shape index (κ3) is 4.22. The molecule has 3 atom stereocenters. The monoisotopic (exact) mass is 496 g/mol. The number of allylic oxidation sites excluding steroid dienone is 2. The maximum Gasteiger partial charge on any atom is 0.228 e. The Morgan fingerprint density at radius 1 is 0.972 bits per heavy atom. The molecule has 4 aromatic rings. The summed E-state index contributed by atoms with van der Waals surface area (Å²) in [7, 11) is 0. The molecule has 4 nitrogen and oxygen atoms in total. The van der Waals surface area contributed by atoms with Crippen LogP contribution in [0.5, 0.6) is 5.75 Å². The number of para-hydroxylation sites is 2. The highest BCUT2D eigenvalue weighted by atomic mass is 32.2. The average molecular weight is 497 g/mol. The van der Waals surface area contributed by atoms with Crippen LogP contribution < -0.4 is 10.1 Å². The van der Waals surface area contributed by atoms with E-state index >= 15 is 0 Å². The van der Waals surface area contributed by atoms with Crippen LogP contribution in [0.1, 0.15) is 11.5 Å². The number of fused-ring (bicyclic) bond motifs is 3. The Hall–Kier alpha value is -3.77. The summed E-state index contributed by atoms with van der Waals surface area (Å²) in [4.78, 5) is 18.0. The van der Waals surface area contributed by atoms with Gasteiger partial charge in [-0.3, -0.25) is 4.79 Å². The number of aromatic nitrogens is 1. The first-order chi connectivity index (χ1) is 17.7. The molecule has 3 aromatic carbocycles. The number of carbonyl (C=O) groups is 1. The zero-order valence-corrected chi connectivity index (χ0v) is 20.3. The maximum absolute atomic E-state index is 13.5. The van der Waals surface area contributed by atoms with Crippen molar-refractivity contribution in [2.24, 2.45) is 5.92 Å². The van der Waals surface area contributed by atoms with Crippen molar-refractivity contribution in [1.29, 1.82) is 0 Å². The molecule has 0 spiro atoms. The second-order valence-electron chi connectivity index (χ2n) is 8.97. The number of hydrogen-bond donors (Lipinski definition) is 2. The first-order valence-electron chi connectivity index (χ1n) is 12.1. The number of thioether (sulfide) groups is 1. The fourth-order valence-corrected chi connectivity index (χ4v) is 6.12. The summed E-state index contributed by atoms with van der Waals surface area (Å²) in [5.41, 5.74) is 3.86. The van der Waals surface area contributed by atoms with Gasteiger partial charge >= 0.3 is 0 Å². The number of nitrogens with one attached hydrogen (secondary N) is 2. The first-order valence-corrected chi connectivity index (χ1v) is 13.1. The van der Waals surface area contributed by atoms with Gasteiger partial charge in [0.25, 0.3) is 0 Å². The van der Waals surface area contributed by atoms with E-state index in [1.807, 2.05) is 60.7 Å². The molecule has 6 rings (SSSR count). The minimum absolute atomic E-state index is 0.0129. The predicted octanol–water partition coefficient (Wildman–Crippen LogP) is 6.47. The highest BCUT2D eigenvalue weighted by molar-refractivity contribution is 7.99. The lowest BCUT2D eigenvalue weighted by Gasteiger charge is -2.37. The van der Waals surface area contributed by atoms with Gasteiger partial charge in [-0.25, -0.2) is 4.39 Å². The molecular formula is C30H25FN2O2S. The van der Waals surface area contributed by atoms with Crippen LogP contribution in [0.15, 0.2) is 102 Å². The van der Waals surface area contributed by atoms with E-state index in [0.717, 1.165) is 38.4 Å². The van der Waals surface area contributed by atoms with Gasteiger partial charge in [-0.1, -0.05) is 54.6 Å². The molecule has 1 aliphatic carbocycles. The summed E-state index contributed by atoms with van der Waals surface area (Å²) in [6.45, 7) is 0.530. The van der Waals surface area contributed by atoms with E-state index in [0.29, 0.717) is 12.3 Å². The number of amides is 1. The number of halogens is 1. The SMILES string of the molecule is O=C(NCCSc1c(-c2ccc(F)cc2)[nH]c2ccccc12)C1c2ccccc2OC2C=CC=CC21. The van der Waals surface area contributed by atoms with E-state index in [-0.39, 0.29) is 29.7 Å². The lowest BCUT2D eigenvalue weighted by Crippen LogP contribution is -2.42. The van der Waals surface area contributed by atoms with Crippen LogP contribution in [0, 0.1) is 11.7 Å². The molecule has 2 aliphatic rings. The van der Waals surface area contributed by atoms with E-state index < -0.39 is 0 Å². The molecular weight excluding hydrogens is 471 g/mol. The second kappa shape index (κ2) is 9.70. The Bertz CT molecular complexity index is 1470. The maximum atomic E-state index is 13.5. The molecule has 0 saturated carbocycles. The number of benzene rings is 3. The van der Waals surface area contributed by atoms with Gasteiger partial charge in [0.2, 0.25) is 5.91 Å².